The summed E-state index contributed by atoms with van der Waals surface area (Å²) in [4.78, 5) is 0. The first-order chi connectivity index (χ1) is 6.63. The van der Waals surface area contributed by atoms with Crippen LogP contribution in [0.15, 0.2) is 35.0 Å². The molecule has 0 unspecified atom stereocenters. The maximum Gasteiger partial charge on any atom is 0.0794 e. The average Bonchev–Trinajstić information content (AvgIpc) is 2.20. The minimum atomic E-state index is 0.644. The summed E-state index contributed by atoms with van der Waals surface area (Å²) < 4.78 is 0. The zero-order chi connectivity index (χ0) is 10.6. The topological polar surface area (TPSA) is 32.6 Å². The summed E-state index contributed by atoms with van der Waals surface area (Å²) >= 11 is 0. The van der Waals surface area contributed by atoms with Crippen molar-refractivity contribution in [3.05, 3.63) is 41.0 Å². The molecule has 1 aromatic rings. The molecule has 0 radical (unpaired) electrons. The molecule has 1 N–H and O–H groups in total. The lowest BCUT2D eigenvalue weighted by Crippen LogP contribution is -1.92. The number of benzene rings is 1. The number of aryl methyl sites for hydroxylation is 1. The van der Waals surface area contributed by atoms with Gasteiger partial charge in [0.05, 0.1) is 5.71 Å². The maximum absolute atomic E-state index is 8.57. The van der Waals surface area contributed by atoms with Gasteiger partial charge in [0.25, 0.3) is 0 Å². The average molecular weight is 189 g/mol. The standard InChI is InChI=1S/C12H15NO/c1-9-4-6-12(7-5-9)8-10(2)11(3)13-14/h4-8,14H,1-3H3. The van der Waals surface area contributed by atoms with Crippen molar-refractivity contribution < 1.29 is 5.21 Å². The van der Waals surface area contributed by atoms with Crippen LogP contribution in [0.3, 0.4) is 0 Å². The van der Waals surface area contributed by atoms with Crippen molar-refractivity contribution in [3.8, 4) is 0 Å². The van der Waals surface area contributed by atoms with Crippen LogP contribution >= 0.6 is 0 Å². The molecule has 0 atom stereocenters. The van der Waals surface area contributed by atoms with Crippen LogP contribution in [0.4, 0.5) is 0 Å². The van der Waals surface area contributed by atoms with Gasteiger partial charge in [-0.05, 0) is 31.9 Å². The summed E-state index contributed by atoms with van der Waals surface area (Å²) in [7, 11) is 0. The van der Waals surface area contributed by atoms with Crippen LogP contribution in [0, 0.1) is 6.92 Å². The highest BCUT2D eigenvalue weighted by Crippen LogP contribution is 2.09. The molecular formula is C12H15NO. The molecule has 0 saturated carbocycles. The maximum atomic E-state index is 8.57. The van der Waals surface area contributed by atoms with Gasteiger partial charge in [0.2, 0.25) is 0 Å². The first-order valence-corrected chi connectivity index (χ1v) is 4.57. The van der Waals surface area contributed by atoms with Crippen LogP contribution in [-0.2, 0) is 0 Å². The van der Waals surface area contributed by atoms with Gasteiger partial charge >= 0.3 is 0 Å². The van der Waals surface area contributed by atoms with Crippen molar-refractivity contribution in [2.75, 3.05) is 0 Å². The molecule has 0 spiro atoms. The molecule has 0 aliphatic rings. The van der Waals surface area contributed by atoms with Crippen LogP contribution in [0.25, 0.3) is 6.08 Å². The Bertz CT molecular complexity index is 360. The number of nitrogens with zero attached hydrogens (tertiary/aromatic N) is 1. The van der Waals surface area contributed by atoms with Crippen molar-refractivity contribution in [1.82, 2.24) is 0 Å². The summed E-state index contributed by atoms with van der Waals surface area (Å²) in [6, 6.07) is 8.21. The molecule has 1 aromatic carbocycles. The lowest BCUT2D eigenvalue weighted by atomic mass is 10.1. The SMILES string of the molecule is CC(=Cc1ccc(C)cc1)C(C)=NO. The lowest BCUT2D eigenvalue weighted by Gasteiger charge is -1.99. The molecule has 74 valence electrons. The monoisotopic (exact) mass is 189 g/mol. The summed E-state index contributed by atoms with van der Waals surface area (Å²) in [5.74, 6) is 0. The van der Waals surface area contributed by atoms with E-state index in [0.29, 0.717) is 5.71 Å². The minimum absolute atomic E-state index is 0.644. The third-order valence-electron chi connectivity index (χ3n) is 2.18. The van der Waals surface area contributed by atoms with E-state index in [1.165, 1.54) is 5.56 Å². The highest BCUT2D eigenvalue weighted by atomic mass is 16.4. The molecule has 2 heteroatoms. The van der Waals surface area contributed by atoms with E-state index in [9.17, 15) is 0 Å². The van der Waals surface area contributed by atoms with Gasteiger partial charge in [-0.25, -0.2) is 0 Å². The fraction of sp³-hybridized carbons (Fsp3) is 0.250. The van der Waals surface area contributed by atoms with Gasteiger partial charge in [0.1, 0.15) is 0 Å². The van der Waals surface area contributed by atoms with E-state index in [2.05, 4.69) is 24.2 Å². The molecule has 1 rings (SSSR count). The molecule has 0 heterocycles. The predicted molar refractivity (Wildman–Crippen MR) is 59.7 cm³/mol. The van der Waals surface area contributed by atoms with Crippen molar-refractivity contribution in [2.24, 2.45) is 5.16 Å². The minimum Gasteiger partial charge on any atom is -0.411 e. The zero-order valence-corrected chi connectivity index (χ0v) is 8.78. The largest absolute Gasteiger partial charge is 0.411 e. The number of oxime groups is 1. The fourth-order valence-corrected chi connectivity index (χ4v) is 1.10. The van der Waals surface area contributed by atoms with E-state index < -0.39 is 0 Å². The first-order valence-electron chi connectivity index (χ1n) is 4.57. The summed E-state index contributed by atoms with van der Waals surface area (Å²) in [6.45, 7) is 5.76. The van der Waals surface area contributed by atoms with Crippen LogP contribution in [0.5, 0.6) is 0 Å². The molecule has 2 nitrogen and oxygen atoms in total. The molecule has 0 fully saturated rings. The van der Waals surface area contributed by atoms with Crippen LogP contribution in [-0.4, -0.2) is 10.9 Å². The fourth-order valence-electron chi connectivity index (χ4n) is 1.10. The van der Waals surface area contributed by atoms with Gasteiger partial charge in [-0.3, -0.25) is 0 Å². The molecular weight excluding hydrogens is 174 g/mol. The van der Waals surface area contributed by atoms with Gasteiger partial charge in [-0.2, -0.15) is 0 Å². The molecule has 0 aliphatic heterocycles. The Morgan fingerprint density at radius 1 is 1.21 bits per heavy atom. The molecule has 14 heavy (non-hydrogen) atoms. The van der Waals surface area contributed by atoms with E-state index in [1.54, 1.807) is 6.92 Å². The van der Waals surface area contributed by atoms with Gasteiger partial charge in [0.15, 0.2) is 0 Å². The number of hydrogen-bond donors (Lipinski definition) is 1. The van der Waals surface area contributed by atoms with Crippen LogP contribution in [0.2, 0.25) is 0 Å². The number of allylic oxidation sites excluding steroid dienone is 1. The Morgan fingerprint density at radius 2 is 1.79 bits per heavy atom. The molecule has 0 aliphatic carbocycles. The Morgan fingerprint density at radius 3 is 2.29 bits per heavy atom. The van der Waals surface area contributed by atoms with Crippen LogP contribution < -0.4 is 0 Å². The summed E-state index contributed by atoms with van der Waals surface area (Å²) in [5.41, 5.74) is 3.98. The van der Waals surface area contributed by atoms with Crippen molar-refractivity contribution in [3.63, 3.8) is 0 Å². The summed E-state index contributed by atoms with van der Waals surface area (Å²) in [5, 5.41) is 11.7. The van der Waals surface area contributed by atoms with E-state index in [-0.39, 0.29) is 0 Å². The molecule has 0 saturated heterocycles. The second-order valence-corrected chi connectivity index (χ2v) is 3.42. The summed E-state index contributed by atoms with van der Waals surface area (Å²) in [6.07, 6.45) is 1.99. The van der Waals surface area contributed by atoms with E-state index in [1.807, 2.05) is 25.1 Å². The van der Waals surface area contributed by atoms with Gasteiger partial charge in [-0.1, -0.05) is 41.1 Å². The smallest absolute Gasteiger partial charge is 0.0794 e. The number of rotatable bonds is 2. The van der Waals surface area contributed by atoms with E-state index in [4.69, 9.17) is 5.21 Å². The molecule has 0 aromatic heterocycles. The van der Waals surface area contributed by atoms with Gasteiger partial charge in [0, 0.05) is 0 Å². The Balaban J connectivity index is 2.92. The predicted octanol–water partition coefficient (Wildman–Crippen LogP) is 3.25. The quantitative estimate of drug-likeness (QED) is 0.432. The third kappa shape index (κ3) is 2.73. The lowest BCUT2D eigenvalue weighted by molar-refractivity contribution is 0.319. The second-order valence-electron chi connectivity index (χ2n) is 3.42. The van der Waals surface area contributed by atoms with E-state index in [0.717, 1.165) is 11.1 Å². The highest BCUT2D eigenvalue weighted by molar-refractivity contribution is 6.01. The normalized spacial score (nSPS) is 13.1. The van der Waals surface area contributed by atoms with Crippen LogP contribution in [0.1, 0.15) is 25.0 Å². The first kappa shape index (κ1) is 10.5. The van der Waals surface area contributed by atoms with E-state index >= 15 is 0 Å². The molecule has 0 amide bonds. The third-order valence-corrected chi connectivity index (χ3v) is 2.18. The Kier molecular flexibility index (Phi) is 3.46. The highest BCUT2D eigenvalue weighted by Gasteiger charge is 1.95. The van der Waals surface area contributed by atoms with Crippen molar-refractivity contribution in [2.45, 2.75) is 20.8 Å². The van der Waals surface area contributed by atoms with Gasteiger partial charge in [-0.15, -0.1) is 0 Å². The number of hydrogen-bond acceptors (Lipinski definition) is 2. The van der Waals surface area contributed by atoms with Crippen molar-refractivity contribution >= 4 is 11.8 Å². The Hall–Kier alpha value is -1.57. The second kappa shape index (κ2) is 4.61. The van der Waals surface area contributed by atoms with Crippen molar-refractivity contribution in [1.29, 1.82) is 0 Å². The Labute approximate surface area is 84.6 Å². The zero-order valence-electron chi connectivity index (χ0n) is 8.78. The molecule has 0 bridgehead atoms. The van der Waals surface area contributed by atoms with Gasteiger partial charge < -0.3 is 5.21 Å².